The molecular formula is C16H25FN2. The third-order valence-corrected chi connectivity index (χ3v) is 4.20. The summed E-state index contributed by atoms with van der Waals surface area (Å²) in [5.41, 5.74) is 0.875. The zero-order valence-corrected chi connectivity index (χ0v) is 11.9. The van der Waals surface area contributed by atoms with Crippen LogP contribution in [0.25, 0.3) is 0 Å². The van der Waals surface area contributed by atoms with Crippen molar-refractivity contribution in [2.45, 2.75) is 51.4 Å². The molecule has 3 heteroatoms. The number of aromatic nitrogens is 1. The van der Waals surface area contributed by atoms with Crippen molar-refractivity contribution < 1.29 is 4.39 Å². The van der Waals surface area contributed by atoms with E-state index in [1.165, 1.54) is 31.9 Å². The van der Waals surface area contributed by atoms with Gasteiger partial charge in [-0.05, 0) is 55.8 Å². The molecule has 1 aliphatic carbocycles. The Bertz CT molecular complexity index is 381. The van der Waals surface area contributed by atoms with Gasteiger partial charge >= 0.3 is 0 Å². The highest BCUT2D eigenvalue weighted by atomic mass is 19.1. The van der Waals surface area contributed by atoms with Gasteiger partial charge in [0.2, 0.25) is 0 Å². The summed E-state index contributed by atoms with van der Waals surface area (Å²) in [6, 6.07) is 1.87. The van der Waals surface area contributed by atoms with Gasteiger partial charge in [-0.3, -0.25) is 4.98 Å². The van der Waals surface area contributed by atoms with Crippen LogP contribution in [-0.4, -0.2) is 18.1 Å². The van der Waals surface area contributed by atoms with E-state index in [4.69, 9.17) is 0 Å². The van der Waals surface area contributed by atoms with Crippen molar-refractivity contribution in [3.8, 4) is 0 Å². The highest BCUT2D eigenvalue weighted by Gasteiger charge is 2.26. The highest BCUT2D eigenvalue weighted by Crippen LogP contribution is 2.37. The van der Waals surface area contributed by atoms with Crippen LogP contribution in [0.5, 0.6) is 0 Å². The van der Waals surface area contributed by atoms with Crippen molar-refractivity contribution in [3.63, 3.8) is 0 Å². The first-order chi connectivity index (χ1) is 9.33. The van der Waals surface area contributed by atoms with Crippen LogP contribution in [0.1, 0.15) is 56.9 Å². The number of halogens is 1. The summed E-state index contributed by atoms with van der Waals surface area (Å²) in [5.74, 6) is 0.788. The summed E-state index contributed by atoms with van der Waals surface area (Å²) in [7, 11) is 0. The molecular weight excluding hydrogens is 239 g/mol. The lowest BCUT2D eigenvalue weighted by molar-refractivity contribution is 0.366. The zero-order valence-electron chi connectivity index (χ0n) is 11.9. The van der Waals surface area contributed by atoms with Gasteiger partial charge in [-0.2, -0.15) is 0 Å². The molecule has 1 N–H and O–H groups in total. The van der Waals surface area contributed by atoms with E-state index in [1.807, 2.05) is 6.07 Å². The van der Waals surface area contributed by atoms with Crippen LogP contribution >= 0.6 is 0 Å². The van der Waals surface area contributed by atoms with Gasteiger partial charge in [0.25, 0.3) is 0 Å². The monoisotopic (exact) mass is 264 g/mol. The Labute approximate surface area is 115 Å². The topological polar surface area (TPSA) is 24.9 Å². The van der Waals surface area contributed by atoms with Gasteiger partial charge < -0.3 is 5.32 Å². The molecule has 1 aromatic heterocycles. The number of hydrogen-bond donors (Lipinski definition) is 1. The van der Waals surface area contributed by atoms with Crippen LogP contribution in [0.3, 0.4) is 0 Å². The van der Waals surface area contributed by atoms with Gasteiger partial charge in [0.15, 0.2) is 0 Å². The Kier molecular flexibility index (Phi) is 5.77. The summed E-state index contributed by atoms with van der Waals surface area (Å²) >= 11 is 0. The van der Waals surface area contributed by atoms with E-state index < -0.39 is 0 Å². The molecule has 1 fully saturated rings. The van der Waals surface area contributed by atoms with Crippen LogP contribution in [0, 0.1) is 11.7 Å². The minimum Gasteiger partial charge on any atom is -0.316 e. The molecule has 0 spiro atoms. The smallest absolute Gasteiger partial charge is 0.144 e. The molecule has 0 aromatic carbocycles. The van der Waals surface area contributed by atoms with E-state index in [0.717, 1.165) is 31.5 Å². The molecule has 0 bridgehead atoms. The minimum atomic E-state index is -0.130. The van der Waals surface area contributed by atoms with Gasteiger partial charge in [0, 0.05) is 6.20 Å². The maximum absolute atomic E-state index is 14.0. The molecule has 2 unspecified atom stereocenters. The van der Waals surface area contributed by atoms with Crippen molar-refractivity contribution in [2.75, 3.05) is 13.1 Å². The normalized spacial score (nSPS) is 24.1. The fourth-order valence-corrected chi connectivity index (χ4v) is 3.19. The Morgan fingerprint density at radius 2 is 2.16 bits per heavy atom. The highest BCUT2D eigenvalue weighted by molar-refractivity contribution is 5.19. The Morgan fingerprint density at radius 1 is 1.32 bits per heavy atom. The van der Waals surface area contributed by atoms with Crippen LogP contribution in [0.2, 0.25) is 0 Å². The maximum Gasteiger partial charge on any atom is 0.144 e. The van der Waals surface area contributed by atoms with Gasteiger partial charge in [-0.25, -0.2) is 4.39 Å². The molecule has 0 amide bonds. The van der Waals surface area contributed by atoms with Crippen LogP contribution < -0.4 is 5.32 Å². The Morgan fingerprint density at radius 3 is 2.95 bits per heavy atom. The maximum atomic E-state index is 14.0. The van der Waals surface area contributed by atoms with Crippen molar-refractivity contribution in [2.24, 2.45) is 5.92 Å². The zero-order chi connectivity index (χ0) is 13.5. The number of nitrogens with one attached hydrogen (secondary N) is 1. The van der Waals surface area contributed by atoms with Crippen molar-refractivity contribution >= 4 is 0 Å². The molecule has 1 heterocycles. The number of rotatable bonds is 5. The molecule has 2 nitrogen and oxygen atoms in total. The summed E-state index contributed by atoms with van der Waals surface area (Å²) in [6.45, 7) is 4.25. The Hall–Kier alpha value is -0.960. The third-order valence-electron chi connectivity index (χ3n) is 4.20. The van der Waals surface area contributed by atoms with Gasteiger partial charge in [0.1, 0.15) is 5.82 Å². The quantitative estimate of drug-likeness (QED) is 0.645. The van der Waals surface area contributed by atoms with Crippen molar-refractivity contribution in [3.05, 3.63) is 29.8 Å². The molecule has 0 radical (unpaired) electrons. The van der Waals surface area contributed by atoms with Crippen LogP contribution in [-0.2, 0) is 0 Å². The third kappa shape index (κ3) is 4.00. The van der Waals surface area contributed by atoms with Crippen molar-refractivity contribution in [1.82, 2.24) is 10.3 Å². The second-order valence-electron chi connectivity index (χ2n) is 5.61. The molecule has 1 aromatic rings. The second kappa shape index (κ2) is 7.59. The van der Waals surface area contributed by atoms with Crippen LogP contribution in [0.15, 0.2) is 18.5 Å². The van der Waals surface area contributed by atoms with E-state index in [2.05, 4.69) is 17.2 Å². The number of hydrogen-bond acceptors (Lipinski definition) is 2. The molecule has 0 saturated heterocycles. The standard InChI is InChI=1S/C16H25FN2/c1-2-9-18-11-13-6-4-3-5-7-14(13)15-8-10-19-12-16(15)17/h8,10,12-14,18H,2-7,9,11H2,1H3. The summed E-state index contributed by atoms with van der Waals surface area (Å²) in [6.07, 6.45) is 10.3. The lowest BCUT2D eigenvalue weighted by Crippen LogP contribution is -2.27. The predicted octanol–water partition coefficient (Wildman–Crippen LogP) is 3.88. The molecule has 0 aliphatic heterocycles. The Balaban J connectivity index is 2.10. The average Bonchev–Trinajstić information content (AvgIpc) is 2.65. The summed E-state index contributed by atoms with van der Waals surface area (Å²) in [5, 5.41) is 3.51. The fourth-order valence-electron chi connectivity index (χ4n) is 3.19. The summed E-state index contributed by atoms with van der Waals surface area (Å²) < 4.78 is 14.0. The van der Waals surface area contributed by atoms with Gasteiger partial charge in [-0.15, -0.1) is 0 Å². The lowest BCUT2D eigenvalue weighted by Gasteiger charge is -2.26. The SMILES string of the molecule is CCCNCC1CCCCCC1c1ccncc1F. The molecule has 2 atom stereocenters. The molecule has 106 valence electrons. The van der Waals surface area contributed by atoms with E-state index in [-0.39, 0.29) is 5.82 Å². The van der Waals surface area contributed by atoms with E-state index in [1.54, 1.807) is 6.20 Å². The lowest BCUT2D eigenvalue weighted by atomic mass is 9.82. The van der Waals surface area contributed by atoms with E-state index >= 15 is 0 Å². The molecule has 1 aliphatic rings. The van der Waals surface area contributed by atoms with E-state index in [0.29, 0.717) is 11.8 Å². The molecule has 2 rings (SSSR count). The van der Waals surface area contributed by atoms with Crippen molar-refractivity contribution in [1.29, 1.82) is 0 Å². The second-order valence-corrected chi connectivity index (χ2v) is 5.61. The molecule has 1 saturated carbocycles. The van der Waals surface area contributed by atoms with E-state index in [9.17, 15) is 4.39 Å². The van der Waals surface area contributed by atoms with Gasteiger partial charge in [-0.1, -0.05) is 26.2 Å². The molecule has 19 heavy (non-hydrogen) atoms. The summed E-state index contributed by atoms with van der Waals surface area (Å²) in [4.78, 5) is 3.87. The first-order valence-corrected chi connectivity index (χ1v) is 7.63. The first kappa shape index (κ1) is 14.4. The number of nitrogens with zero attached hydrogens (tertiary/aromatic N) is 1. The minimum absolute atomic E-state index is 0.130. The number of pyridine rings is 1. The fraction of sp³-hybridized carbons (Fsp3) is 0.688. The van der Waals surface area contributed by atoms with Gasteiger partial charge in [0.05, 0.1) is 6.20 Å². The van der Waals surface area contributed by atoms with Crippen LogP contribution in [0.4, 0.5) is 4.39 Å². The first-order valence-electron chi connectivity index (χ1n) is 7.63. The predicted molar refractivity (Wildman–Crippen MR) is 76.7 cm³/mol. The largest absolute Gasteiger partial charge is 0.316 e. The average molecular weight is 264 g/mol.